The van der Waals surface area contributed by atoms with Crippen LogP contribution in [0.1, 0.15) is 5.56 Å². The Hall–Kier alpha value is -2.82. The van der Waals surface area contributed by atoms with E-state index in [9.17, 15) is 9.18 Å². The molecule has 112 valence electrons. The number of hydrogen-bond donors (Lipinski definition) is 1. The molecule has 0 bridgehead atoms. The van der Waals surface area contributed by atoms with Crippen LogP contribution in [0.3, 0.4) is 0 Å². The summed E-state index contributed by atoms with van der Waals surface area (Å²) in [7, 11) is 1.54. The minimum absolute atomic E-state index is 0.315. The lowest BCUT2D eigenvalue weighted by Crippen LogP contribution is -2.06. The fourth-order valence-electron chi connectivity index (χ4n) is 2.28. The van der Waals surface area contributed by atoms with Crippen molar-refractivity contribution in [1.29, 1.82) is 0 Å². The van der Waals surface area contributed by atoms with Gasteiger partial charge in [-0.25, -0.2) is 9.18 Å². The summed E-state index contributed by atoms with van der Waals surface area (Å²) >= 11 is 0. The Labute approximate surface area is 126 Å². The molecule has 0 amide bonds. The second-order valence-electron chi connectivity index (χ2n) is 4.79. The van der Waals surface area contributed by atoms with Gasteiger partial charge in [0.25, 0.3) is 0 Å². The monoisotopic (exact) mass is 299 g/mol. The number of halogens is 1. The summed E-state index contributed by atoms with van der Waals surface area (Å²) in [6.07, 6.45) is 0. The fraction of sp³-hybridized carbons (Fsp3) is 0.118. The number of rotatable bonds is 4. The highest BCUT2D eigenvalue weighted by Gasteiger charge is 2.08. The van der Waals surface area contributed by atoms with E-state index in [1.807, 2.05) is 6.07 Å². The van der Waals surface area contributed by atoms with Crippen LogP contribution in [0.25, 0.3) is 11.0 Å². The van der Waals surface area contributed by atoms with E-state index >= 15 is 0 Å². The van der Waals surface area contributed by atoms with Crippen LogP contribution in [0.5, 0.6) is 5.75 Å². The molecule has 0 atom stereocenters. The quantitative estimate of drug-likeness (QED) is 0.748. The molecule has 4 nitrogen and oxygen atoms in total. The Bertz CT molecular complexity index is 873. The van der Waals surface area contributed by atoms with Crippen LogP contribution in [0.15, 0.2) is 57.7 Å². The molecule has 0 fully saturated rings. The Morgan fingerprint density at radius 3 is 2.77 bits per heavy atom. The average molecular weight is 299 g/mol. The molecule has 3 rings (SSSR count). The van der Waals surface area contributed by atoms with Crippen LogP contribution in [0.2, 0.25) is 0 Å². The van der Waals surface area contributed by atoms with Crippen molar-refractivity contribution in [2.45, 2.75) is 6.54 Å². The third kappa shape index (κ3) is 2.79. The molecule has 0 aliphatic rings. The zero-order valence-corrected chi connectivity index (χ0v) is 11.9. The Morgan fingerprint density at radius 1 is 1.18 bits per heavy atom. The molecule has 1 aromatic heterocycles. The predicted molar refractivity (Wildman–Crippen MR) is 82.8 cm³/mol. The lowest BCUT2D eigenvalue weighted by molar-refractivity contribution is 0.414. The van der Waals surface area contributed by atoms with Gasteiger partial charge in [-0.15, -0.1) is 0 Å². The third-order valence-corrected chi connectivity index (χ3v) is 3.38. The highest BCUT2D eigenvalue weighted by molar-refractivity contribution is 5.81. The van der Waals surface area contributed by atoms with Crippen molar-refractivity contribution in [3.8, 4) is 5.75 Å². The van der Waals surface area contributed by atoms with Crippen LogP contribution in [0, 0.1) is 5.82 Å². The van der Waals surface area contributed by atoms with E-state index < -0.39 is 5.63 Å². The van der Waals surface area contributed by atoms with Gasteiger partial charge in [0.2, 0.25) is 0 Å². The molecule has 0 aliphatic carbocycles. The van der Waals surface area contributed by atoms with Crippen molar-refractivity contribution in [1.82, 2.24) is 0 Å². The van der Waals surface area contributed by atoms with E-state index in [4.69, 9.17) is 9.15 Å². The van der Waals surface area contributed by atoms with Crippen molar-refractivity contribution in [2.75, 3.05) is 12.4 Å². The Morgan fingerprint density at radius 2 is 2.00 bits per heavy atom. The van der Waals surface area contributed by atoms with E-state index in [-0.39, 0.29) is 5.82 Å². The number of hydrogen-bond acceptors (Lipinski definition) is 4. The highest BCUT2D eigenvalue weighted by atomic mass is 19.1. The van der Waals surface area contributed by atoms with E-state index in [2.05, 4.69) is 5.32 Å². The standard InChI is InChI=1S/C17H14FNO3/c1-21-12-6-7-13-11(8-17(20)22-16(13)9-12)10-19-15-5-3-2-4-14(15)18/h2-9,19H,10H2,1H3. The summed E-state index contributed by atoms with van der Waals surface area (Å²) in [5.74, 6) is 0.270. The molecule has 0 aliphatic heterocycles. The number of nitrogens with one attached hydrogen (secondary N) is 1. The molecule has 1 N–H and O–H groups in total. The molecule has 2 aromatic carbocycles. The molecule has 0 saturated carbocycles. The number of para-hydroxylation sites is 1. The molecule has 1 heterocycles. The molecule has 0 saturated heterocycles. The van der Waals surface area contributed by atoms with Gasteiger partial charge in [-0.1, -0.05) is 12.1 Å². The zero-order valence-electron chi connectivity index (χ0n) is 11.9. The molecule has 5 heteroatoms. The molecule has 0 unspecified atom stereocenters. The van der Waals surface area contributed by atoms with Gasteiger partial charge in [0.15, 0.2) is 0 Å². The van der Waals surface area contributed by atoms with Crippen molar-refractivity contribution < 1.29 is 13.5 Å². The first-order chi connectivity index (χ1) is 10.7. The maximum atomic E-state index is 13.6. The second kappa shape index (κ2) is 5.89. The number of benzene rings is 2. The molecule has 0 spiro atoms. The Kier molecular flexibility index (Phi) is 3.78. The van der Waals surface area contributed by atoms with Crippen molar-refractivity contribution in [3.05, 3.63) is 70.3 Å². The SMILES string of the molecule is COc1ccc2c(CNc3ccccc3F)cc(=O)oc2c1. The zero-order chi connectivity index (χ0) is 15.5. The van der Waals surface area contributed by atoms with Gasteiger partial charge in [0.05, 0.1) is 12.8 Å². The smallest absolute Gasteiger partial charge is 0.336 e. The van der Waals surface area contributed by atoms with Gasteiger partial charge in [-0.2, -0.15) is 0 Å². The Balaban J connectivity index is 1.96. The van der Waals surface area contributed by atoms with Gasteiger partial charge in [-0.05, 0) is 29.8 Å². The van der Waals surface area contributed by atoms with Gasteiger partial charge in [0.1, 0.15) is 17.1 Å². The fourth-order valence-corrected chi connectivity index (χ4v) is 2.28. The topological polar surface area (TPSA) is 51.5 Å². The van der Waals surface area contributed by atoms with Gasteiger partial charge >= 0.3 is 5.63 Å². The molecular formula is C17H14FNO3. The van der Waals surface area contributed by atoms with E-state index in [1.54, 1.807) is 37.4 Å². The first kappa shape index (κ1) is 14.1. The van der Waals surface area contributed by atoms with Crippen LogP contribution >= 0.6 is 0 Å². The molecule has 3 aromatic rings. The average Bonchev–Trinajstić information content (AvgIpc) is 2.53. The largest absolute Gasteiger partial charge is 0.497 e. The lowest BCUT2D eigenvalue weighted by atomic mass is 10.1. The predicted octanol–water partition coefficient (Wildman–Crippen LogP) is 3.55. The van der Waals surface area contributed by atoms with Crippen molar-refractivity contribution in [3.63, 3.8) is 0 Å². The summed E-state index contributed by atoms with van der Waals surface area (Å²) in [4.78, 5) is 11.7. The molecule has 22 heavy (non-hydrogen) atoms. The van der Waals surface area contributed by atoms with Crippen molar-refractivity contribution >= 4 is 16.7 Å². The van der Waals surface area contributed by atoms with Gasteiger partial charge < -0.3 is 14.5 Å². The summed E-state index contributed by atoms with van der Waals surface area (Å²) in [6, 6.07) is 13.1. The minimum atomic E-state index is -0.453. The number of fused-ring (bicyclic) bond motifs is 1. The van der Waals surface area contributed by atoms with Crippen molar-refractivity contribution in [2.24, 2.45) is 0 Å². The van der Waals surface area contributed by atoms with Crippen LogP contribution in [-0.4, -0.2) is 7.11 Å². The van der Waals surface area contributed by atoms with Crippen LogP contribution < -0.4 is 15.7 Å². The van der Waals surface area contributed by atoms with Gasteiger partial charge in [0, 0.05) is 24.1 Å². The lowest BCUT2D eigenvalue weighted by Gasteiger charge is -2.10. The number of ether oxygens (including phenoxy) is 1. The second-order valence-corrected chi connectivity index (χ2v) is 4.79. The van der Waals surface area contributed by atoms with E-state index in [0.29, 0.717) is 23.6 Å². The first-order valence-electron chi connectivity index (χ1n) is 6.76. The van der Waals surface area contributed by atoms with Crippen LogP contribution in [-0.2, 0) is 6.54 Å². The summed E-state index contributed by atoms with van der Waals surface area (Å²) in [5, 5.41) is 3.77. The minimum Gasteiger partial charge on any atom is -0.497 e. The normalized spacial score (nSPS) is 10.6. The summed E-state index contributed by atoms with van der Waals surface area (Å²) < 4.78 is 23.9. The molecule has 0 radical (unpaired) electrons. The number of methoxy groups -OCH3 is 1. The first-order valence-corrected chi connectivity index (χ1v) is 6.76. The number of anilines is 1. The van der Waals surface area contributed by atoms with E-state index in [0.717, 1.165) is 10.9 Å². The van der Waals surface area contributed by atoms with Gasteiger partial charge in [-0.3, -0.25) is 0 Å². The molecular weight excluding hydrogens is 285 g/mol. The van der Waals surface area contributed by atoms with Crippen LogP contribution in [0.4, 0.5) is 10.1 Å². The maximum Gasteiger partial charge on any atom is 0.336 e. The third-order valence-electron chi connectivity index (χ3n) is 3.38. The maximum absolute atomic E-state index is 13.6. The summed E-state index contributed by atoms with van der Waals surface area (Å²) in [6.45, 7) is 0.315. The van der Waals surface area contributed by atoms with E-state index in [1.165, 1.54) is 12.1 Å². The summed E-state index contributed by atoms with van der Waals surface area (Å²) in [5.41, 5.74) is 1.11. The highest BCUT2D eigenvalue weighted by Crippen LogP contribution is 2.23.